The van der Waals surface area contributed by atoms with E-state index in [1.54, 1.807) is 0 Å². The van der Waals surface area contributed by atoms with Crippen molar-refractivity contribution in [1.29, 1.82) is 0 Å². The van der Waals surface area contributed by atoms with E-state index in [1.165, 1.54) is 6.92 Å². The summed E-state index contributed by atoms with van der Waals surface area (Å²) in [6.45, 7) is 0.950. The van der Waals surface area contributed by atoms with Gasteiger partial charge in [0.2, 0.25) is 12.3 Å². The predicted molar refractivity (Wildman–Crippen MR) is 93.7 cm³/mol. The normalized spacial score (nSPS) is 15.1. The number of carbonyl (C=O) groups is 4. The van der Waals surface area contributed by atoms with Crippen LogP contribution in [0.4, 0.5) is 0 Å². The van der Waals surface area contributed by atoms with Crippen LogP contribution in [0.3, 0.4) is 0 Å². The number of nitrogens with two attached hydrogens (primary N) is 2. The fourth-order valence-corrected chi connectivity index (χ4v) is 2.16. The molecule has 0 aromatic heterocycles. The van der Waals surface area contributed by atoms with E-state index in [1.807, 2.05) is 0 Å². The molecule has 13 heteroatoms. The van der Waals surface area contributed by atoms with Crippen molar-refractivity contribution in [1.82, 2.24) is 15.4 Å². The van der Waals surface area contributed by atoms with Gasteiger partial charge in [0.25, 0.3) is 5.91 Å². The third kappa shape index (κ3) is 9.57. The number of carbonyl (C=O) groups excluding carboxylic acids is 3. The fraction of sp³-hybridized carbons (Fsp3) is 0.733. The van der Waals surface area contributed by atoms with Crippen molar-refractivity contribution >= 4 is 24.2 Å². The van der Waals surface area contributed by atoms with Crippen LogP contribution in [0.2, 0.25) is 0 Å². The second-order valence-corrected chi connectivity index (χ2v) is 6.29. The van der Waals surface area contributed by atoms with Gasteiger partial charge in [-0.3, -0.25) is 29.6 Å². The van der Waals surface area contributed by atoms with Gasteiger partial charge in [0.1, 0.15) is 12.1 Å². The quantitative estimate of drug-likeness (QED) is 0.0891. The van der Waals surface area contributed by atoms with Gasteiger partial charge in [-0.25, -0.2) is 10.1 Å². The molecule has 162 valence electrons. The number of carboxylic acids is 1. The number of aliphatic hydroxyl groups excluding tert-OH is 1. The molecule has 13 nitrogen and oxygen atoms in total. The number of hydrogen-bond donors (Lipinski definition) is 7. The lowest BCUT2D eigenvalue weighted by atomic mass is 10.1. The molecular weight excluding hydrogens is 378 g/mol. The van der Waals surface area contributed by atoms with Crippen LogP contribution in [-0.2, 0) is 19.2 Å². The Morgan fingerprint density at radius 3 is 2.11 bits per heavy atom. The lowest BCUT2D eigenvalue weighted by Gasteiger charge is -2.26. The summed E-state index contributed by atoms with van der Waals surface area (Å²) in [7, 11) is 0. The zero-order valence-electron chi connectivity index (χ0n) is 15.6. The number of carboxylic acid groups (broad SMARTS) is 1. The van der Waals surface area contributed by atoms with Crippen LogP contribution in [-0.4, -0.2) is 92.3 Å². The molecule has 0 aliphatic carbocycles. The number of nitrogens with zero attached hydrogens (tertiary/aromatic N) is 2. The highest BCUT2D eigenvalue weighted by Gasteiger charge is 2.31. The van der Waals surface area contributed by atoms with Gasteiger partial charge in [0.15, 0.2) is 0 Å². The zero-order valence-corrected chi connectivity index (χ0v) is 15.6. The van der Waals surface area contributed by atoms with Crippen molar-refractivity contribution in [2.75, 3.05) is 13.1 Å². The molecule has 0 saturated heterocycles. The topological polar surface area (TPSA) is 220 Å². The summed E-state index contributed by atoms with van der Waals surface area (Å²) < 4.78 is 0. The minimum absolute atomic E-state index is 0.0128. The van der Waals surface area contributed by atoms with E-state index in [4.69, 9.17) is 21.8 Å². The van der Waals surface area contributed by atoms with Crippen molar-refractivity contribution in [2.45, 2.75) is 56.8 Å². The summed E-state index contributed by atoms with van der Waals surface area (Å²) in [5.41, 5.74) is 11.0. The van der Waals surface area contributed by atoms with Gasteiger partial charge in [-0.1, -0.05) is 0 Å². The lowest BCUT2D eigenvalue weighted by molar-refractivity contribution is -0.171. The van der Waals surface area contributed by atoms with Crippen molar-refractivity contribution in [3.05, 3.63) is 0 Å². The van der Waals surface area contributed by atoms with E-state index in [0.717, 1.165) is 0 Å². The molecule has 0 fully saturated rings. The number of rotatable bonds is 14. The first kappa shape index (κ1) is 25.7. The van der Waals surface area contributed by atoms with Crippen LogP contribution in [0.5, 0.6) is 0 Å². The smallest absolute Gasteiger partial charge is 0.320 e. The minimum atomic E-state index is -1.47. The Morgan fingerprint density at radius 2 is 1.61 bits per heavy atom. The predicted octanol–water partition coefficient (Wildman–Crippen LogP) is -2.78. The molecule has 3 amide bonds. The number of aliphatic hydroxyl groups is 1. The summed E-state index contributed by atoms with van der Waals surface area (Å²) in [5.74, 6) is -2.98. The maximum atomic E-state index is 12.2. The number of hydroxylamine groups is 4. The summed E-state index contributed by atoms with van der Waals surface area (Å²) in [6.07, 6.45) is -0.737. The number of amides is 3. The Kier molecular flexibility index (Phi) is 11.9. The molecule has 0 aromatic carbocycles. The molecule has 0 heterocycles. The van der Waals surface area contributed by atoms with Crippen LogP contribution in [0, 0.1) is 0 Å². The Balaban J connectivity index is 4.61. The molecule has 4 unspecified atom stereocenters. The standard InChI is InChI=1S/C15H29N5O8/c1-9(22)12(14(24)20(28)7-3-5-11(17)15(25)26)18-13(23)10(16)4-2-6-19(27)8-21/h8-12,22,27-28H,2-7,16-17H2,1H3,(H,18,23)(H,25,26). The first-order chi connectivity index (χ1) is 13.0. The van der Waals surface area contributed by atoms with E-state index in [9.17, 15) is 29.5 Å². The molecule has 0 aliphatic heterocycles. The van der Waals surface area contributed by atoms with Gasteiger partial charge in [0, 0.05) is 13.1 Å². The molecule has 9 N–H and O–H groups in total. The summed E-state index contributed by atoms with van der Waals surface area (Å²) >= 11 is 0. The Bertz CT molecular complexity index is 533. The van der Waals surface area contributed by atoms with Gasteiger partial charge in [-0.2, -0.15) is 0 Å². The van der Waals surface area contributed by atoms with E-state index in [2.05, 4.69) is 5.32 Å². The van der Waals surface area contributed by atoms with Crippen LogP contribution in [0.15, 0.2) is 0 Å². The maximum absolute atomic E-state index is 12.2. The zero-order chi connectivity index (χ0) is 21.9. The second-order valence-electron chi connectivity index (χ2n) is 6.29. The SMILES string of the molecule is CC(O)C(NC(=O)C(N)CCCN(O)C=O)C(=O)N(O)CCCC(N)C(=O)O. The van der Waals surface area contributed by atoms with Gasteiger partial charge in [-0.05, 0) is 32.6 Å². The molecule has 0 aliphatic rings. The molecule has 28 heavy (non-hydrogen) atoms. The molecule has 0 rings (SSSR count). The summed E-state index contributed by atoms with van der Waals surface area (Å²) in [4.78, 5) is 45.2. The second kappa shape index (κ2) is 13.0. The Labute approximate surface area is 161 Å². The van der Waals surface area contributed by atoms with Crippen LogP contribution < -0.4 is 16.8 Å². The van der Waals surface area contributed by atoms with Gasteiger partial charge in [0.05, 0.1) is 12.1 Å². The lowest BCUT2D eigenvalue weighted by Crippen LogP contribution is -2.56. The molecule has 0 radical (unpaired) electrons. The highest BCUT2D eigenvalue weighted by molar-refractivity contribution is 5.89. The third-order valence-electron chi connectivity index (χ3n) is 3.86. The Morgan fingerprint density at radius 1 is 1.07 bits per heavy atom. The Hall–Kier alpha value is -2.32. The van der Waals surface area contributed by atoms with E-state index < -0.39 is 42.0 Å². The highest BCUT2D eigenvalue weighted by atomic mass is 16.5. The van der Waals surface area contributed by atoms with E-state index in [-0.39, 0.29) is 50.2 Å². The molecule has 0 spiro atoms. The van der Waals surface area contributed by atoms with Crippen LogP contribution >= 0.6 is 0 Å². The maximum Gasteiger partial charge on any atom is 0.320 e. The van der Waals surface area contributed by atoms with Crippen molar-refractivity contribution < 1.29 is 39.8 Å². The van der Waals surface area contributed by atoms with Crippen molar-refractivity contribution in [3.8, 4) is 0 Å². The average Bonchev–Trinajstić information content (AvgIpc) is 2.64. The first-order valence-electron chi connectivity index (χ1n) is 8.64. The van der Waals surface area contributed by atoms with E-state index in [0.29, 0.717) is 5.06 Å². The van der Waals surface area contributed by atoms with Crippen molar-refractivity contribution in [3.63, 3.8) is 0 Å². The van der Waals surface area contributed by atoms with Crippen LogP contribution in [0.1, 0.15) is 32.6 Å². The molecule has 4 atom stereocenters. The largest absolute Gasteiger partial charge is 0.480 e. The minimum Gasteiger partial charge on any atom is -0.480 e. The van der Waals surface area contributed by atoms with E-state index >= 15 is 0 Å². The summed E-state index contributed by atoms with van der Waals surface area (Å²) in [6, 6.07) is -3.68. The van der Waals surface area contributed by atoms with Crippen LogP contribution in [0.25, 0.3) is 0 Å². The van der Waals surface area contributed by atoms with Crippen molar-refractivity contribution in [2.24, 2.45) is 11.5 Å². The average molecular weight is 407 g/mol. The van der Waals surface area contributed by atoms with Gasteiger partial charge < -0.3 is 27.0 Å². The number of hydrogen-bond acceptors (Lipinski definition) is 9. The highest BCUT2D eigenvalue weighted by Crippen LogP contribution is 2.04. The van der Waals surface area contributed by atoms with Gasteiger partial charge in [-0.15, -0.1) is 0 Å². The number of nitrogens with one attached hydrogen (secondary N) is 1. The van der Waals surface area contributed by atoms with Gasteiger partial charge >= 0.3 is 5.97 Å². The monoisotopic (exact) mass is 407 g/mol. The third-order valence-corrected chi connectivity index (χ3v) is 3.86. The fourth-order valence-electron chi connectivity index (χ4n) is 2.16. The molecule has 0 aromatic rings. The molecule has 0 saturated carbocycles. The molecular formula is C15H29N5O8. The summed E-state index contributed by atoms with van der Waals surface area (Å²) in [5, 5.41) is 40.1. The number of aliphatic carboxylic acids is 1. The first-order valence-corrected chi connectivity index (χ1v) is 8.64. The molecule has 0 bridgehead atoms.